The standard InChI is InChI=1S/C27H31N3O6/c1-33-24-10-7-20(15-25(24)34-2)11-12-29-27(32)21(16-28)14-19-5-8-22(9-6-19)36-18-26(31)30-17-23-4-3-13-35-23/h5-10,14-15,23H,3-4,11-13,17-18H2,1-2H3,(H,29,32)(H,30,31)/b21-14+/t23-/m0/s1. The first-order valence-electron chi connectivity index (χ1n) is 11.7. The van der Waals surface area contributed by atoms with E-state index in [1.165, 1.54) is 6.08 Å². The number of nitrogens with one attached hydrogen (secondary N) is 2. The predicted octanol–water partition coefficient (Wildman–Crippen LogP) is 2.64. The molecule has 0 aromatic heterocycles. The Morgan fingerprint density at radius 1 is 1.11 bits per heavy atom. The van der Waals surface area contributed by atoms with Crippen molar-refractivity contribution in [2.45, 2.75) is 25.4 Å². The van der Waals surface area contributed by atoms with Gasteiger partial charge in [-0.3, -0.25) is 9.59 Å². The van der Waals surface area contributed by atoms with Crippen molar-refractivity contribution in [1.29, 1.82) is 5.26 Å². The second-order valence-corrected chi connectivity index (χ2v) is 8.16. The van der Waals surface area contributed by atoms with Crippen LogP contribution in [0.2, 0.25) is 0 Å². The highest BCUT2D eigenvalue weighted by molar-refractivity contribution is 6.01. The number of methoxy groups -OCH3 is 2. The van der Waals surface area contributed by atoms with E-state index in [-0.39, 0.29) is 24.2 Å². The maximum atomic E-state index is 12.5. The fraction of sp³-hybridized carbons (Fsp3) is 0.370. The Kier molecular flexibility index (Phi) is 10.2. The molecule has 2 aromatic carbocycles. The number of nitriles is 1. The van der Waals surface area contributed by atoms with Gasteiger partial charge in [0.25, 0.3) is 11.8 Å². The SMILES string of the molecule is COc1ccc(CCNC(=O)/C(C#N)=C/c2ccc(OCC(=O)NC[C@@H]3CCCO3)cc2)cc1OC. The van der Waals surface area contributed by atoms with Crippen LogP contribution in [0.3, 0.4) is 0 Å². The third-order valence-corrected chi connectivity index (χ3v) is 5.62. The lowest BCUT2D eigenvalue weighted by atomic mass is 10.1. The van der Waals surface area contributed by atoms with Crippen molar-refractivity contribution < 1.29 is 28.5 Å². The molecule has 0 radical (unpaired) electrons. The van der Waals surface area contributed by atoms with E-state index in [1.54, 1.807) is 38.5 Å². The van der Waals surface area contributed by atoms with Crippen molar-refractivity contribution in [1.82, 2.24) is 10.6 Å². The van der Waals surface area contributed by atoms with Gasteiger partial charge in [-0.25, -0.2) is 0 Å². The molecule has 0 unspecified atom stereocenters. The van der Waals surface area contributed by atoms with Crippen LogP contribution in [0.25, 0.3) is 6.08 Å². The highest BCUT2D eigenvalue weighted by Gasteiger charge is 2.16. The highest BCUT2D eigenvalue weighted by Crippen LogP contribution is 2.27. The number of amides is 2. The molecule has 9 heteroatoms. The van der Waals surface area contributed by atoms with Gasteiger partial charge < -0.3 is 29.6 Å². The third-order valence-electron chi connectivity index (χ3n) is 5.62. The normalized spacial score (nSPS) is 15.0. The van der Waals surface area contributed by atoms with Crippen LogP contribution >= 0.6 is 0 Å². The molecule has 1 atom stereocenters. The van der Waals surface area contributed by atoms with Crippen LogP contribution in [0.5, 0.6) is 17.2 Å². The minimum Gasteiger partial charge on any atom is -0.493 e. The second kappa shape index (κ2) is 13.8. The number of hydrogen-bond acceptors (Lipinski definition) is 7. The first-order valence-corrected chi connectivity index (χ1v) is 11.7. The average molecular weight is 494 g/mol. The van der Waals surface area contributed by atoms with Gasteiger partial charge in [0.1, 0.15) is 17.4 Å². The molecule has 1 fully saturated rings. The monoisotopic (exact) mass is 493 g/mol. The summed E-state index contributed by atoms with van der Waals surface area (Å²) in [6, 6.07) is 14.3. The van der Waals surface area contributed by atoms with Gasteiger partial charge in [-0.15, -0.1) is 0 Å². The van der Waals surface area contributed by atoms with Crippen molar-refractivity contribution in [3.8, 4) is 23.3 Å². The Bertz CT molecular complexity index is 1100. The molecule has 2 amide bonds. The summed E-state index contributed by atoms with van der Waals surface area (Å²) in [4.78, 5) is 24.4. The van der Waals surface area contributed by atoms with E-state index in [0.717, 1.165) is 25.0 Å². The van der Waals surface area contributed by atoms with Crippen LogP contribution in [-0.4, -0.2) is 58.4 Å². The van der Waals surface area contributed by atoms with E-state index >= 15 is 0 Å². The van der Waals surface area contributed by atoms with Crippen molar-refractivity contribution in [2.75, 3.05) is 40.5 Å². The number of nitrogens with zero attached hydrogens (tertiary/aromatic N) is 1. The lowest BCUT2D eigenvalue weighted by molar-refractivity contribution is -0.123. The molecule has 2 aromatic rings. The summed E-state index contributed by atoms with van der Waals surface area (Å²) in [5, 5.41) is 15.0. The largest absolute Gasteiger partial charge is 0.493 e. The first-order chi connectivity index (χ1) is 17.5. The molecule has 0 aliphatic carbocycles. The van der Waals surface area contributed by atoms with Crippen molar-refractivity contribution in [2.24, 2.45) is 0 Å². The Labute approximate surface area is 211 Å². The van der Waals surface area contributed by atoms with Crippen LogP contribution in [-0.2, 0) is 20.7 Å². The minimum atomic E-state index is -0.457. The predicted molar refractivity (Wildman–Crippen MR) is 134 cm³/mol. The maximum absolute atomic E-state index is 12.5. The van der Waals surface area contributed by atoms with Gasteiger partial charge in [-0.05, 0) is 60.7 Å². The van der Waals surface area contributed by atoms with Crippen LogP contribution in [0.1, 0.15) is 24.0 Å². The van der Waals surface area contributed by atoms with Crippen LogP contribution in [0.4, 0.5) is 0 Å². The zero-order valence-electron chi connectivity index (χ0n) is 20.5. The molecule has 3 rings (SSSR count). The van der Waals surface area contributed by atoms with Gasteiger partial charge in [0.15, 0.2) is 18.1 Å². The molecule has 190 valence electrons. The van der Waals surface area contributed by atoms with E-state index < -0.39 is 5.91 Å². The number of carbonyl (C=O) groups is 2. The van der Waals surface area contributed by atoms with Crippen LogP contribution in [0.15, 0.2) is 48.0 Å². The van der Waals surface area contributed by atoms with Gasteiger partial charge in [0, 0.05) is 19.7 Å². The van der Waals surface area contributed by atoms with Crippen LogP contribution in [0, 0.1) is 11.3 Å². The fourth-order valence-corrected chi connectivity index (χ4v) is 3.66. The molecule has 9 nitrogen and oxygen atoms in total. The second-order valence-electron chi connectivity index (χ2n) is 8.16. The topological polar surface area (TPSA) is 119 Å². The molecule has 1 saturated heterocycles. The Morgan fingerprint density at radius 3 is 2.56 bits per heavy atom. The van der Waals surface area contributed by atoms with E-state index in [1.807, 2.05) is 24.3 Å². The Hall–Kier alpha value is -4.03. The molecule has 36 heavy (non-hydrogen) atoms. The molecule has 0 spiro atoms. The number of ether oxygens (including phenoxy) is 4. The van der Waals surface area contributed by atoms with Crippen LogP contribution < -0.4 is 24.8 Å². The molecule has 0 bridgehead atoms. The number of carbonyl (C=O) groups excluding carboxylic acids is 2. The molecular formula is C27H31N3O6. The number of rotatable bonds is 12. The summed E-state index contributed by atoms with van der Waals surface area (Å²) in [5.41, 5.74) is 1.62. The summed E-state index contributed by atoms with van der Waals surface area (Å²) >= 11 is 0. The quantitative estimate of drug-likeness (QED) is 0.345. The fourth-order valence-electron chi connectivity index (χ4n) is 3.66. The summed E-state index contributed by atoms with van der Waals surface area (Å²) < 4.78 is 21.5. The summed E-state index contributed by atoms with van der Waals surface area (Å²) in [6.45, 7) is 1.48. The lowest BCUT2D eigenvalue weighted by Crippen LogP contribution is -2.35. The average Bonchev–Trinajstić information content (AvgIpc) is 3.43. The minimum absolute atomic E-state index is 0.00973. The van der Waals surface area contributed by atoms with Gasteiger partial charge in [-0.1, -0.05) is 18.2 Å². The van der Waals surface area contributed by atoms with Gasteiger partial charge in [-0.2, -0.15) is 5.26 Å². The summed E-state index contributed by atoms with van der Waals surface area (Å²) in [7, 11) is 3.14. The highest BCUT2D eigenvalue weighted by atomic mass is 16.5. The summed E-state index contributed by atoms with van der Waals surface area (Å²) in [5.74, 6) is 1.09. The van der Waals surface area contributed by atoms with Gasteiger partial charge >= 0.3 is 0 Å². The lowest BCUT2D eigenvalue weighted by Gasteiger charge is -2.11. The first kappa shape index (κ1) is 26.6. The zero-order chi connectivity index (χ0) is 25.8. The van der Waals surface area contributed by atoms with Crippen molar-refractivity contribution >= 4 is 17.9 Å². The Balaban J connectivity index is 1.46. The van der Waals surface area contributed by atoms with E-state index in [9.17, 15) is 14.9 Å². The molecule has 1 heterocycles. The Morgan fingerprint density at radius 2 is 1.89 bits per heavy atom. The molecule has 0 saturated carbocycles. The maximum Gasteiger partial charge on any atom is 0.261 e. The van der Waals surface area contributed by atoms with E-state index in [4.69, 9.17) is 18.9 Å². The smallest absolute Gasteiger partial charge is 0.261 e. The number of benzene rings is 2. The van der Waals surface area contributed by atoms with Crippen molar-refractivity contribution in [3.63, 3.8) is 0 Å². The van der Waals surface area contributed by atoms with Gasteiger partial charge in [0.2, 0.25) is 0 Å². The van der Waals surface area contributed by atoms with Gasteiger partial charge in [0.05, 0.1) is 20.3 Å². The third kappa shape index (κ3) is 8.03. The van der Waals surface area contributed by atoms with Crippen molar-refractivity contribution in [3.05, 3.63) is 59.2 Å². The van der Waals surface area contributed by atoms with E-state index in [2.05, 4.69) is 10.6 Å². The molecule has 1 aliphatic rings. The molecular weight excluding hydrogens is 462 g/mol. The summed E-state index contributed by atoms with van der Waals surface area (Å²) in [6.07, 6.45) is 4.13. The molecule has 1 aliphatic heterocycles. The molecule has 2 N–H and O–H groups in total. The number of hydrogen-bond donors (Lipinski definition) is 2. The van der Waals surface area contributed by atoms with E-state index in [0.29, 0.717) is 42.3 Å². The zero-order valence-corrected chi connectivity index (χ0v) is 20.5.